The van der Waals surface area contributed by atoms with Crippen LogP contribution in [0.15, 0.2) is 6.20 Å². The monoisotopic (exact) mass is 207 g/mol. The van der Waals surface area contributed by atoms with Gasteiger partial charge in [0.05, 0.1) is 6.20 Å². The number of carbonyl (C=O) groups is 1. The Balaban J connectivity index is 1.80. The number of amides is 1. The highest BCUT2D eigenvalue weighted by Gasteiger charge is 2.41. The van der Waals surface area contributed by atoms with Gasteiger partial charge in [0.15, 0.2) is 5.82 Å². The second-order valence-corrected chi connectivity index (χ2v) is 4.19. The van der Waals surface area contributed by atoms with Gasteiger partial charge in [-0.15, -0.1) is 5.10 Å². The highest BCUT2D eigenvalue weighted by atomic mass is 16.2. The van der Waals surface area contributed by atoms with Crippen LogP contribution in [-0.4, -0.2) is 38.4 Å². The van der Waals surface area contributed by atoms with Crippen LogP contribution in [0.2, 0.25) is 0 Å². The lowest BCUT2D eigenvalue weighted by Gasteiger charge is -2.14. The molecule has 1 amide bonds. The van der Waals surface area contributed by atoms with E-state index < -0.39 is 0 Å². The summed E-state index contributed by atoms with van der Waals surface area (Å²) in [7, 11) is 0. The number of nitrogens with zero attached hydrogens (tertiary/aromatic N) is 4. The Labute approximate surface area is 87.0 Å². The van der Waals surface area contributed by atoms with E-state index >= 15 is 0 Å². The van der Waals surface area contributed by atoms with Crippen LogP contribution >= 0.6 is 0 Å². The molecule has 3 rings (SSSR count). The van der Waals surface area contributed by atoms with E-state index in [2.05, 4.69) is 10.3 Å². The number of rotatable bonds is 2. The van der Waals surface area contributed by atoms with Crippen molar-refractivity contribution in [2.45, 2.75) is 31.3 Å². The summed E-state index contributed by atoms with van der Waals surface area (Å²) in [6.07, 6.45) is 4.74. The van der Waals surface area contributed by atoms with Crippen LogP contribution in [0.4, 0.5) is 5.82 Å². The largest absolute Gasteiger partial charge is 0.381 e. The zero-order valence-corrected chi connectivity index (χ0v) is 8.33. The third-order valence-electron chi connectivity index (χ3n) is 3.05. The molecule has 1 atom stereocenters. The van der Waals surface area contributed by atoms with Crippen molar-refractivity contribution >= 4 is 11.7 Å². The molecule has 6 nitrogen and oxygen atoms in total. The summed E-state index contributed by atoms with van der Waals surface area (Å²) in [5, 5.41) is 7.56. The van der Waals surface area contributed by atoms with E-state index in [1.54, 1.807) is 10.9 Å². The minimum Gasteiger partial charge on any atom is -0.381 e. The van der Waals surface area contributed by atoms with Crippen molar-refractivity contribution in [1.29, 1.82) is 0 Å². The molecule has 2 fully saturated rings. The van der Waals surface area contributed by atoms with Crippen LogP contribution in [0.25, 0.3) is 0 Å². The van der Waals surface area contributed by atoms with E-state index in [0.717, 1.165) is 25.8 Å². The van der Waals surface area contributed by atoms with Crippen molar-refractivity contribution in [2.24, 2.45) is 0 Å². The molecule has 80 valence electrons. The lowest BCUT2D eigenvalue weighted by Crippen LogP contribution is -2.30. The van der Waals surface area contributed by atoms with Gasteiger partial charge in [-0.2, -0.15) is 0 Å². The molecular weight excluding hydrogens is 194 g/mol. The Morgan fingerprint density at radius 2 is 2.20 bits per heavy atom. The maximum Gasteiger partial charge on any atom is 0.247 e. The molecule has 1 aliphatic carbocycles. The van der Waals surface area contributed by atoms with Gasteiger partial charge in [-0.1, -0.05) is 5.21 Å². The quantitative estimate of drug-likeness (QED) is 0.728. The molecule has 1 aliphatic heterocycles. The summed E-state index contributed by atoms with van der Waals surface area (Å²) < 4.78 is 1.58. The van der Waals surface area contributed by atoms with Crippen LogP contribution in [0.3, 0.4) is 0 Å². The molecule has 15 heavy (non-hydrogen) atoms. The van der Waals surface area contributed by atoms with Gasteiger partial charge in [0, 0.05) is 12.6 Å². The normalized spacial score (nSPS) is 26.3. The Morgan fingerprint density at radius 1 is 1.40 bits per heavy atom. The van der Waals surface area contributed by atoms with Gasteiger partial charge in [0.2, 0.25) is 5.91 Å². The van der Waals surface area contributed by atoms with Gasteiger partial charge >= 0.3 is 0 Å². The molecule has 0 spiro atoms. The summed E-state index contributed by atoms with van der Waals surface area (Å²) in [6.45, 7) is 0.841. The molecule has 0 radical (unpaired) electrons. The van der Waals surface area contributed by atoms with Crippen molar-refractivity contribution in [3.05, 3.63) is 6.20 Å². The van der Waals surface area contributed by atoms with E-state index in [4.69, 9.17) is 5.73 Å². The van der Waals surface area contributed by atoms with Gasteiger partial charge in [0.1, 0.15) is 6.04 Å². The summed E-state index contributed by atoms with van der Waals surface area (Å²) in [6, 6.07) is 0.304. The first-order chi connectivity index (χ1) is 7.25. The average Bonchev–Trinajstić information content (AvgIpc) is 2.86. The Morgan fingerprint density at radius 3 is 2.80 bits per heavy atom. The second-order valence-electron chi connectivity index (χ2n) is 4.19. The number of hydrogen-bond donors (Lipinski definition) is 1. The fourth-order valence-corrected chi connectivity index (χ4v) is 2.12. The van der Waals surface area contributed by atoms with Crippen molar-refractivity contribution < 1.29 is 4.79 Å². The van der Waals surface area contributed by atoms with Crippen LogP contribution < -0.4 is 5.73 Å². The van der Waals surface area contributed by atoms with Crippen LogP contribution in [-0.2, 0) is 4.79 Å². The number of nitrogens with two attached hydrogens (primary N) is 1. The topological polar surface area (TPSA) is 77.0 Å². The van der Waals surface area contributed by atoms with Crippen LogP contribution in [0.1, 0.15) is 25.3 Å². The van der Waals surface area contributed by atoms with Gasteiger partial charge in [-0.3, -0.25) is 4.79 Å². The fraction of sp³-hybridized carbons (Fsp3) is 0.667. The summed E-state index contributed by atoms with van der Waals surface area (Å²) >= 11 is 0. The van der Waals surface area contributed by atoms with E-state index in [0.29, 0.717) is 11.9 Å². The molecule has 6 heteroatoms. The highest BCUT2D eigenvalue weighted by Crippen LogP contribution is 2.34. The lowest BCUT2D eigenvalue weighted by molar-refractivity contribution is -0.131. The maximum atomic E-state index is 12.0. The molecule has 2 aliphatic rings. The molecule has 1 unspecified atom stereocenters. The number of anilines is 1. The van der Waals surface area contributed by atoms with Crippen molar-refractivity contribution in [2.75, 3.05) is 12.3 Å². The van der Waals surface area contributed by atoms with Gasteiger partial charge < -0.3 is 10.6 Å². The zero-order valence-electron chi connectivity index (χ0n) is 8.33. The first kappa shape index (κ1) is 8.70. The van der Waals surface area contributed by atoms with Crippen LogP contribution in [0, 0.1) is 0 Å². The number of likely N-dealkylation sites (tertiary alicyclic amines) is 1. The maximum absolute atomic E-state index is 12.0. The highest BCUT2D eigenvalue weighted by molar-refractivity contribution is 5.83. The third-order valence-corrected chi connectivity index (χ3v) is 3.05. The summed E-state index contributed by atoms with van der Waals surface area (Å²) in [4.78, 5) is 14.0. The first-order valence-electron chi connectivity index (χ1n) is 5.23. The van der Waals surface area contributed by atoms with Crippen LogP contribution in [0.5, 0.6) is 0 Å². The molecule has 1 saturated heterocycles. The molecule has 2 heterocycles. The Bertz CT molecular complexity index is 397. The Kier molecular flexibility index (Phi) is 1.71. The number of nitrogen functional groups attached to an aromatic ring is 1. The number of hydrogen-bond acceptors (Lipinski definition) is 4. The van der Waals surface area contributed by atoms with Crippen molar-refractivity contribution in [3.8, 4) is 0 Å². The predicted molar refractivity (Wildman–Crippen MR) is 52.8 cm³/mol. The molecule has 2 N–H and O–H groups in total. The average molecular weight is 207 g/mol. The zero-order chi connectivity index (χ0) is 10.4. The molecule has 1 saturated carbocycles. The van der Waals surface area contributed by atoms with Crippen molar-refractivity contribution in [3.63, 3.8) is 0 Å². The van der Waals surface area contributed by atoms with E-state index in [1.165, 1.54) is 0 Å². The standard InChI is InChI=1S/C9H13N5O/c10-8-5-14(12-11-8)7-3-4-13(9(7)15)6-1-2-6/h5-7H,1-4,10H2. The summed E-state index contributed by atoms with van der Waals surface area (Å²) in [5.74, 6) is 0.537. The second kappa shape index (κ2) is 2.95. The molecule has 1 aromatic rings. The SMILES string of the molecule is Nc1cn(C2CCN(C3CC3)C2=O)nn1. The van der Waals surface area contributed by atoms with Gasteiger partial charge in [0.25, 0.3) is 0 Å². The number of carbonyl (C=O) groups excluding carboxylic acids is 1. The smallest absolute Gasteiger partial charge is 0.247 e. The van der Waals surface area contributed by atoms with E-state index in [1.807, 2.05) is 4.90 Å². The molecule has 0 aromatic carbocycles. The van der Waals surface area contributed by atoms with E-state index in [9.17, 15) is 4.79 Å². The molecule has 1 aromatic heterocycles. The summed E-state index contributed by atoms with van der Waals surface area (Å²) in [5.41, 5.74) is 5.48. The molecular formula is C9H13N5O. The molecule has 0 bridgehead atoms. The lowest BCUT2D eigenvalue weighted by atomic mass is 10.2. The van der Waals surface area contributed by atoms with E-state index in [-0.39, 0.29) is 11.9 Å². The van der Waals surface area contributed by atoms with Gasteiger partial charge in [-0.25, -0.2) is 4.68 Å². The first-order valence-corrected chi connectivity index (χ1v) is 5.23. The minimum absolute atomic E-state index is 0.169. The Hall–Kier alpha value is -1.59. The van der Waals surface area contributed by atoms with Crippen molar-refractivity contribution in [1.82, 2.24) is 19.9 Å². The third kappa shape index (κ3) is 1.36. The predicted octanol–water partition coefficient (Wildman–Crippen LogP) is -0.204. The van der Waals surface area contributed by atoms with Gasteiger partial charge in [-0.05, 0) is 19.3 Å². The fourth-order valence-electron chi connectivity index (χ4n) is 2.12. The number of aromatic nitrogens is 3. The minimum atomic E-state index is -0.185.